The second kappa shape index (κ2) is 5.13. The molecule has 1 fully saturated rings. The Morgan fingerprint density at radius 2 is 2.10 bits per heavy atom. The second-order valence-electron chi connectivity index (χ2n) is 4.93. The third kappa shape index (κ3) is 2.02. The molecule has 0 bridgehead atoms. The number of rotatable bonds is 3. The highest BCUT2D eigenvalue weighted by Gasteiger charge is 2.37. The van der Waals surface area contributed by atoms with Gasteiger partial charge in [-0.1, -0.05) is 30.3 Å². The third-order valence-corrected chi connectivity index (χ3v) is 3.84. The van der Waals surface area contributed by atoms with Gasteiger partial charge in [-0.3, -0.25) is 4.79 Å². The van der Waals surface area contributed by atoms with Gasteiger partial charge in [-0.25, -0.2) is 0 Å². The predicted molar refractivity (Wildman–Crippen MR) is 74.9 cm³/mol. The molecule has 0 radical (unpaired) electrons. The van der Waals surface area contributed by atoms with E-state index in [1.54, 1.807) is 7.11 Å². The lowest BCUT2D eigenvalue weighted by Gasteiger charge is -2.20. The molecular weight excluding hydrogens is 256 g/mol. The van der Waals surface area contributed by atoms with Gasteiger partial charge in [-0.2, -0.15) is 0 Å². The Balaban J connectivity index is 2.20. The molecule has 0 spiro atoms. The van der Waals surface area contributed by atoms with E-state index >= 15 is 0 Å². The molecule has 0 amide bonds. The zero-order valence-electron chi connectivity index (χ0n) is 11.2. The summed E-state index contributed by atoms with van der Waals surface area (Å²) >= 11 is 0. The number of carbonyl (C=O) groups is 1. The number of fused-ring (bicyclic) bond motifs is 1. The molecule has 2 aromatic rings. The Morgan fingerprint density at radius 3 is 2.85 bits per heavy atom. The number of methoxy groups -OCH3 is 1. The van der Waals surface area contributed by atoms with Crippen LogP contribution in [0.25, 0.3) is 10.8 Å². The van der Waals surface area contributed by atoms with Crippen LogP contribution in [0.3, 0.4) is 0 Å². The maximum Gasteiger partial charge on any atom is 0.309 e. The second-order valence-corrected chi connectivity index (χ2v) is 4.93. The van der Waals surface area contributed by atoms with Crippen molar-refractivity contribution in [3.63, 3.8) is 0 Å². The molecule has 2 aromatic carbocycles. The number of ether oxygens (including phenoxy) is 2. The van der Waals surface area contributed by atoms with Gasteiger partial charge in [0.05, 0.1) is 13.0 Å². The predicted octanol–water partition coefficient (Wildman–Crippen LogP) is 3.01. The van der Waals surface area contributed by atoms with E-state index in [9.17, 15) is 9.90 Å². The van der Waals surface area contributed by atoms with Crippen molar-refractivity contribution in [2.45, 2.75) is 12.5 Å². The van der Waals surface area contributed by atoms with Crippen LogP contribution in [-0.4, -0.2) is 24.8 Å². The third-order valence-electron chi connectivity index (χ3n) is 3.84. The molecule has 4 heteroatoms. The fourth-order valence-corrected chi connectivity index (χ4v) is 2.87. The molecule has 104 valence electrons. The Labute approximate surface area is 116 Å². The van der Waals surface area contributed by atoms with Gasteiger partial charge < -0.3 is 14.6 Å². The summed E-state index contributed by atoms with van der Waals surface area (Å²) in [5, 5.41) is 11.4. The minimum atomic E-state index is -0.817. The van der Waals surface area contributed by atoms with Gasteiger partial charge in [-0.15, -0.1) is 0 Å². The van der Waals surface area contributed by atoms with E-state index in [0.717, 1.165) is 16.3 Å². The van der Waals surface area contributed by atoms with Crippen molar-refractivity contribution < 1.29 is 19.4 Å². The number of hydrogen-bond donors (Lipinski definition) is 1. The SMILES string of the molecule is COc1ccc2ccccc2c1C1OCCC1C(=O)O. The lowest BCUT2D eigenvalue weighted by molar-refractivity contribution is -0.143. The van der Waals surface area contributed by atoms with Crippen LogP contribution in [0.2, 0.25) is 0 Å². The van der Waals surface area contributed by atoms with E-state index in [-0.39, 0.29) is 0 Å². The molecule has 2 atom stereocenters. The molecule has 2 unspecified atom stereocenters. The first-order chi connectivity index (χ1) is 9.72. The highest BCUT2D eigenvalue weighted by Crippen LogP contribution is 2.42. The first-order valence-electron chi connectivity index (χ1n) is 6.62. The summed E-state index contributed by atoms with van der Waals surface area (Å²) in [7, 11) is 1.60. The summed E-state index contributed by atoms with van der Waals surface area (Å²) in [4.78, 5) is 11.4. The minimum Gasteiger partial charge on any atom is -0.496 e. The fourth-order valence-electron chi connectivity index (χ4n) is 2.87. The van der Waals surface area contributed by atoms with Gasteiger partial charge in [-0.05, 0) is 23.3 Å². The molecule has 1 N–H and O–H groups in total. The summed E-state index contributed by atoms with van der Waals surface area (Å²) in [6.07, 6.45) is 0.0837. The summed E-state index contributed by atoms with van der Waals surface area (Å²) in [5.74, 6) is -0.654. The van der Waals surface area contributed by atoms with Crippen molar-refractivity contribution >= 4 is 16.7 Å². The van der Waals surface area contributed by atoms with Crippen LogP contribution in [0.4, 0.5) is 0 Å². The first kappa shape index (κ1) is 12.9. The summed E-state index contributed by atoms with van der Waals surface area (Å²) in [6.45, 7) is 0.466. The lowest BCUT2D eigenvalue weighted by Crippen LogP contribution is -2.18. The Hall–Kier alpha value is -2.07. The Bertz CT molecular complexity index is 650. The average Bonchev–Trinajstić information content (AvgIpc) is 2.95. The molecule has 20 heavy (non-hydrogen) atoms. The summed E-state index contributed by atoms with van der Waals surface area (Å²) in [6, 6.07) is 11.7. The van der Waals surface area contributed by atoms with Crippen molar-refractivity contribution in [1.82, 2.24) is 0 Å². The van der Waals surface area contributed by atoms with Gasteiger partial charge in [0.1, 0.15) is 11.9 Å². The maximum absolute atomic E-state index is 11.4. The smallest absolute Gasteiger partial charge is 0.309 e. The van der Waals surface area contributed by atoms with Gasteiger partial charge in [0, 0.05) is 12.2 Å². The minimum absolute atomic E-state index is 0.450. The topological polar surface area (TPSA) is 55.8 Å². The van der Waals surface area contributed by atoms with Crippen molar-refractivity contribution in [2.75, 3.05) is 13.7 Å². The number of carboxylic acids is 1. The van der Waals surface area contributed by atoms with Crippen LogP contribution in [0.1, 0.15) is 18.1 Å². The zero-order chi connectivity index (χ0) is 14.1. The van der Waals surface area contributed by atoms with Gasteiger partial charge in [0.25, 0.3) is 0 Å². The molecule has 3 rings (SSSR count). The van der Waals surface area contributed by atoms with Crippen molar-refractivity contribution in [1.29, 1.82) is 0 Å². The Kier molecular flexibility index (Phi) is 3.32. The molecule has 1 heterocycles. The van der Waals surface area contributed by atoms with E-state index in [1.165, 1.54) is 0 Å². The standard InChI is InChI=1S/C16H16O4/c1-19-13-7-6-10-4-2-3-5-11(10)14(13)15-12(16(17)18)8-9-20-15/h2-7,12,15H,8-9H2,1H3,(H,17,18). The van der Waals surface area contributed by atoms with Crippen LogP contribution < -0.4 is 4.74 Å². The zero-order valence-corrected chi connectivity index (χ0v) is 11.2. The van der Waals surface area contributed by atoms with E-state index in [4.69, 9.17) is 9.47 Å². The van der Waals surface area contributed by atoms with Gasteiger partial charge in [0.2, 0.25) is 0 Å². The van der Waals surface area contributed by atoms with Crippen LogP contribution in [-0.2, 0) is 9.53 Å². The number of benzene rings is 2. The fraction of sp³-hybridized carbons (Fsp3) is 0.312. The van der Waals surface area contributed by atoms with Crippen molar-refractivity contribution in [3.8, 4) is 5.75 Å². The monoisotopic (exact) mass is 272 g/mol. The number of hydrogen-bond acceptors (Lipinski definition) is 3. The van der Waals surface area contributed by atoms with Crippen LogP contribution >= 0.6 is 0 Å². The molecular formula is C16H16O4. The van der Waals surface area contributed by atoms with Crippen molar-refractivity contribution in [2.24, 2.45) is 5.92 Å². The largest absolute Gasteiger partial charge is 0.496 e. The van der Waals surface area contributed by atoms with Crippen LogP contribution in [0.15, 0.2) is 36.4 Å². The van der Waals surface area contributed by atoms with E-state index in [2.05, 4.69) is 0 Å². The average molecular weight is 272 g/mol. The quantitative estimate of drug-likeness (QED) is 0.933. The van der Waals surface area contributed by atoms with Gasteiger partial charge >= 0.3 is 5.97 Å². The number of carboxylic acid groups (broad SMARTS) is 1. The molecule has 1 aliphatic rings. The lowest BCUT2D eigenvalue weighted by atomic mass is 9.91. The van der Waals surface area contributed by atoms with E-state index < -0.39 is 18.0 Å². The van der Waals surface area contributed by atoms with Gasteiger partial charge in [0.15, 0.2) is 0 Å². The molecule has 0 aromatic heterocycles. The first-order valence-corrected chi connectivity index (χ1v) is 6.62. The highest BCUT2D eigenvalue weighted by atomic mass is 16.5. The number of aliphatic carboxylic acids is 1. The summed E-state index contributed by atoms with van der Waals surface area (Å²) < 4.78 is 11.1. The molecule has 1 saturated heterocycles. The maximum atomic E-state index is 11.4. The molecule has 0 aliphatic carbocycles. The van der Waals surface area contributed by atoms with E-state index in [1.807, 2.05) is 36.4 Å². The molecule has 0 saturated carbocycles. The normalized spacial score (nSPS) is 22.1. The van der Waals surface area contributed by atoms with Crippen molar-refractivity contribution in [3.05, 3.63) is 42.0 Å². The molecule has 4 nitrogen and oxygen atoms in total. The molecule has 1 aliphatic heterocycles. The van der Waals surface area contributed by atoms with Crippen LogP contribution in [0.5, 0.6) is 5.75 Å². The highest BCUT2D eigenvalue weighted by molar-refractivity contribution is 5.89. The Morgan fingerprint density at radius 1 is 1.30 bits per heavy atom. The summed E-state index contributed by atoms with van der Waals surface area (Å²) in [5.41, 5.74) is 0.843. The van der Waals surface area contributed by atoms with E-state index in [0.29, 0.717) is 18.8 Å². The van der Waals surface area contributed by atoms with Crippen LogP contribution in [0, 0.1) is 5.92 Å².